The monoisotopic (exact) mass is 1230 g/mol. The Hall–Kier alpha value is -11.2. The van der Waals surface area contributed by atoms with Crippen molar-refractivity contribution in [2.75, 3.05) is 0 Å². The standard InChI is InChI=1S/C11H10BrN7O2.C11H10ClN7O2.C11H10FN7O2.C11H11N7O2/c3*1-18-11(20)19(17-16-18)8-2-4-13-10(12)7(8)6-21-9-3-5-14-15-9;1-17-11(19)18(16-15-17)9-2-4-12-6-8(9)7-20-10-3-5-13-14-10/h3*2-5H,6H2,1H3,(H,14,15);2-6H,7H2,1H3,(H,13,14)/i/hT4. The van der Waals surface area contributed by atoms with Gasteiger partial charge < -0.3 is 18.9 Å². The average molecular weight is 1230 g/mol. The van der Waals surface area contributed by atoms with E-state index < -0.39 is 17.3 Å². The third kappa shape index (κ3) is 13.5. The van der Waals surface area contributed by atoms with Crippen molar-refractivity contribution in [3.8, 4) is 46.3 Å². The molecule has 12 heterocycles. The zero-order chi connectivity index (χ0) is 61.9. The third-order valence-corrected chi connectivity index (χ3v) is 11.9. The maximum Gasteiger partial charge on any atom is 0.368 e. The van der Waals surface area contributed by atoms with Gasteiger partial charge in [-0.2, -0.15) is 41.8 Å². The number of tetrazole rings is 4. The van der Waals surface area contributed by atoms with Gasteiger partial charge in [0, 0.05) is 119 Å². The molecule has 0 radical (unpaired) electrons. The number of aromatic nitrogens is 28. The fourth-order valence-electron chi connectivity index (χ4n) is 6.75. The lowest BCUT2D eigenvalue weighted by atomic mass is 10.2. The van der Waals surface area contributed by atoms with Crippen LogP contribution in [0, 0.1) is 5.95 Å². The number of nitrogens with one attached hydrogen (secondary N) is 4. The highest BCUT2D eigenvalue weighted by Crippen LogP contribution is 2.24. The second kappa shape index (κ2) is 26.2. The van der Waals surface area contributed by atoms with E-state index in [-0.39, 0.29) is 66.0 Å². The van der Waals surface area contributed by atoms with Crippen molar-refractivity contribution in [2.24, 2.45) is 28.2 Å². The number of ether oxygens (including phenoxy) is 4. The number of rotatable bonds is 16. The number of H-pyrrole nitrogens is 4. The zero-order valence-corrected chi connectivity index (χ0v) is 45.4. The number of pyridine rings is 4. The second-order valence-corrected chi connectivity index (χ2v) is 17.2. The Morgan fingerprint density at radius 2 is 0.843 bits per heavy atom. The van der Waals surface area contributed by atoms with Crippen LogP contribution < -0.4 is 41.7 Å². The Labute approximate surface area is 480 Å². The average Bonchev–Trinajstić information content (AvgIpc) is 2.56. The van der Waals surface area contributed by atoms with Gasteiger partial charge in [-0.05, 0) is 81.9 Å². The van der Waals surface area contributed by atoms with Crippen molar-refractivity contribution in [1.82, 2.24) is 140 Å². The van der Waals surface area contributed by atoms with Gasteiger partial charge in [0.2, 0.25) is 29.5 Å². The van der Waals surface area contributed by atoms with Crippen LogP contribution in [0.3, 0.4) is 0 Å². The highest BCUT2D eigenvalue weighted by Gasteiger charge is 2.19. The van der Waals surface area contributed by atoms with E-state index in [0.717, 1.165) is 53.1 Å². The lowest BCUT2D eigenvalue weighted by Crippen LogP contribution is -2.23. The largest absolute Gasteiger partial charge is 0.472 e. The summed E-state index contributed by atoms with van der Waals surface area (Å²) in [6.07, 6.45) is 13.0. The first-order valence-electron chi connectivity index (χ1n) is 25.1. The van der Waals surface area contributed by atoms with E-state index in [1.54, 1.807) is 48.9 Å². The van der Waals surface area contributed by atoms with Crippen molar-refractivity contribution in [3.63, 3.8) is 0 Å². The molecule has 12 aromatic heterocycles. The molecule has 0 bridgehead atoms. The minimum absolute atomic E-state index is 0.0159. The van der Waals surface area contributed by atoms with E-state index in [9.17, 15) is 23.6 Å². The lowest BCUT2D eigenvalue weighted by Gasteiger charge is -2.09. The van der Waals surface area contributed by atoms with Gasteiger partial charge in [-0.1, -0.05) is 11.6 Å². The molecule has 0 aliphatic rings. The minimum atomic E-state index is -0.791. The molecule has 426 valence electrons. The molecule has 4 N–H and O–H groups in total. The molecular formula is C44H41BrClFN28O8. The third-order valence-electron chi connectivity index (χ3n) is 10.8. The van der Waals surface area contributed by atoms with Crippen LogP contribution in [-0.4, -0.2) is 140 Å². The van der Waals surface area contributed by atoms with E-state index in [1.807, 2.05) is 0 Å². The van der Waals surface area contributed by atoms with Gasteiger partial charge in [0.1, 0.15) is 36.2 Å². The van der Waals surface area contributed by atoms with E-state index in [4.69, 9.17) is 36.2 Å². The first-order chi connectivity index (χ1) is 41.8. The van der Waals surface area contributed by atoms with Gasteiger partial charge in [-0.15, -0.1) is 20.4 Å². The molecule has 83 heavy (non-hydrogen) atoms. The van der Waals surface area contributed by atoms with Crippen molar-refractivity contribution in [1.29, 1.82) is 0 Å². The van der Waals surface area contributed by atoms with Crippen LogP contribution in [0.1, 0.15) is 22.3 Å². The topological polar surface area (TPSA) is 414 Å². The molecule has 36 nitrogen and oxygen atoms in total. The number of aromatic amines is 4. The Morgan fingerprint density at radius 3 is 1.27 bits per heavy atom. The molecule has 0 amide bonds. The summed E-state index contributed by atoms with van der Waals surface area (Å²) in [5, 5.41) is 48.3. The molecule has 0 saturated heterocycles. The SMILES string of the molecule is [3H]n1ccc(OCc2c(-n3nnn(C)c3=O)ccnc2Br)n1.[3H]n1ccc(OCc2c(-n3nnn(C)c3=O)ccnc2Cl)n1.[3H]n1ccc(OCc2c(-n3nnn(C)c3=O)ccnc2F)n1.[3H]n1ccc(OCc2cnccc2-n2nnn(C)c2=O)n1. The van der Waals surface area contributed by atoms with Gasteiger partial charge in [0.05, 0.1) is 33.9 Å². The predicted octanol–water partition coefficient (Wildman–Crippen LogP) is 0.207. The first-order valence-corrected chi connectivity index (χ1v) is 24.5. The summed E-state index contributed by atoms with van der Waals surface area (Å²) in [6, 6.07) is 12.4. The van der Waals surface area contributed by atoms with Crippen LogP contribution in [-0.2, 0) is 54.6 Å². The highest BCUT2D eigenvalue weighted by molar-refractivity contribution is 9.10. The summed E-state index contributed by atoms with van der Waals surface area (Å²) in [7, 11) is 5.95. The number of nitrogens with zero attached hydrogens (tertiary/aromatic N) is 24. The van der Waals surface area contributed by atoms with E-state index in [0.29, 0.717) is 50.1 Å². The van der Waals surface area contributed by atoms with Gasteiger partial charge in [0.25, 0.3) is 0 Å². The molecular weight excluding hydrogens is 1180 g/mol. The minimum Gasteiger partial charge on any atom is -0.472 e. The summed E-state index contributed by atoms with van der Waals surface area (Å²) in [4.78, 5) is 63.4. The summed E-state index contributed by atoms with van der Waals surface area (Å²) < 4.78 is 74.0. The molecule has 0 aliphatic carbocycles. The van der Waals surface area contributed by atoms with Crippen LogP contribution >= 0.6 is 27.5 Å². The molecule has 0 unspecified atom stereocenters. The van der Waals surface area contributed by atoms with E-state index >= 15 is 0 Å². The smallest absolute Gasteiger partial charge is 0.368 e. The maximum absolute atomic E-state index is 14.0. The van der Waals surface area contributed by atoms with Crippen LogP contribution in [0.25, 0.3) is 22.7 Å². The molecule has 12 rings (SSSR count). The Kier molecular flexibility index (Phi) is 16.2. The maximum atomic E-state index is 14.0. The van der Waals surface area contributed by atoms with Crippen LogP contribution in [0.2, 0.25) is 10.8 Å². The van der Waals surface area contributed by atoms with Crippen molar-refractivity contribution >= 4 is 27.5 Å². The van der Waals surface area contributed by atoms with Crippen LogP contribution in [0.15, 0.2) is 128 Å². The Bertz CT molecular complexity index is 4240. The molecule has 39 heteroatoms. The van der Waals surface area contributed by atoms with Gasteiger partial charge in [0.15, 0.2) is 5.65 Å². The number of halogens is 3. The number of aryl methyl sites for hydroxylation is 4. The second-order valence-electron chi connectivity index (χ2n) is 16.1. The van der Waals surface area contributed by atoms with Crippen LogP contribution in [0.5, 0.6) is 23.5 Å². The Balaban J connectivity index is 0.000000138. The molecule has 0 spiro atoms. The summed E-state index contributed by atoms with van der Waals surface area (Å²) in [5.74, 6) is 0.220. The van der Waals surface area contributed by atoms with Crippen molar-refractivity contribution < 1.29 is 29.0 Å². The predicted molar refractivity (Wildman–Crippen MR) is 282 cm³/mol. The van der Waals surface area contributed by atoms with Gasteiger partial charge in [-0.25, -0.2) is 34.1 Å². The first kappa shape index (κ1) is 51.3. The zero-order valence-electron chi connectivity index (χ0n) is 47.1. The summed E-state index contributed by atoms with van der Waals surface area (Å²) >= 11 is 9.42. The van der Waals surface area contributed by atoms with Gasteiger partial charge in [-0.3, -0.25) is 25.4 Å². The van der Waals surface area contributed by atoms with Gasteiger partial charge >= 0.3 is 22.8 Å². The van der Waals surface area contributed by atoms with Crippen molar-refractivity contribution in [3.05, 3.63) is 184 Å². The van der Waals surface area contributed by atoms with E-state index in [1.165, 1.54) is 88.3 Å². The quantitative estimate of drug-likeness (QED) is 0.0939. The fourth-order valence-corrected chi connectivity index (χ4v) is 7.39. The summed E-state index contributed by atoms with van der Waals surface area (Å²) in [6.45, 7) is 0.0318. The molecule has 12 aromatic rings. The molecule has 0 aliphatic heterocycles. The summed E-state index contributed by atoms with van der Waals surface area (Å²) in [5.41, 5.74) is 1.71. The highest BCUT2D eigenvalue weighted by atomic mass is 79.9. The van der Waals surface area contributed by atoms with Crippen LogP contribution in [0.4, 0.5) is 4.39 Å². The molecule has 0 aromatic carbocycles. The number of hydrogen-bond acceptors (Lipinski definition) is 24. The van der Waals surface area contributed by atoms with E-state index in [2.05, 4.69) is 98.0 Å². The lowest BCUT2D eigenvalue weighted by molar-refractivity contribution is 0.285. The normalized spacial score (nSPS) is 11.4. The Morgan fingerprint density at radius 1 is 0.482 bits per heavy atom. The molecule has 0 saturated carbocycles. The molecule has 0 fully saturated rings. The fraction of sp³-hybridized carbons (Fsp3) is 0.182. The number of hydrogen-bond donors (Lipinski definition) is 4. The van der Waals surface area contributed by atoms with Crippen molar-refractivity contribution in [2.45, 2.75) is 26.4 Å². The molecule has 0 atom stereocenters.